The fourth-order valence-electron chi connectivity index (χ4n) is 2.65. The van der Waals surface area contributed by atoms with Crippen LogP contribution in [0.3, 0.4) is 0 Å². The number of benzene rings is 2. The molecule has 0 fully saturated rings. The van der Waals surface area contributed by atoms with Crippen LogP contribution in [0.5, 0.6) is 11.5 Å². The summed E-state index contributed by atoms with van der Waals surface area (Å²) in [5.74, 6) is -0.368. The van der Waals surface area contributed by atoms with E-state index in [-0.39, 0.29) is 17.7 Å². The highest BCUT2D eigenvalue weighted by atomic mass is 35.5. The highest BCUT2D eigenvalue weighted by Gasteiger charge is 2.13. The van der Waals surface area contributed by atoms with Crippen molar-refractivity contribution in [3.05, 3.63) is 64.2 Å². The van der Waals surface area contributed by atoms with E-state index in [1.54, 1.807) is 30.3 Å². The molecule has 1 amide bonds. The first-order valence-electron chi connectivity index (χ1n) is 9.49. The highest BCUT2D eigenvalue weighted by Crippen LogP contribution is 2.29. The predicted octanol–water partition coefficient (Wildman–Crippen LogP) is 3.56. The zero-order chi connectivity index (χ0) is 22.6. The van der Waals surface area contributed by atoms with Crippen LogP contribution in [-0.4, -0.2) is 39.2 Å². The van der Waals surface area contributed by atoms with Crippen molar-refractivity contribution in [2.24, 2.45) is 0 Å². The van der Waals surface area contributed by atoms with E-state index in [9.17, 15) is 14.9 Å². The molecule has 0 aromatic heterocycles. The normalized spacial score (nSPS) is 10.8. The maximum Gasteiger partial charge on any atom is 0.311 e. The number of esters is 1. The minimum absolute atomic E-state index is 0.0653. The van der Waals surface area contributed by atoms with E-state index >= 15 is 0 Å². The Balaban J connectivity index is 2.05. The van der Waals surface area contributed by atoms with Crippen LogP contribution in [0.4, 0.5) is 0 Å². The zero-order valence-corrected chi connectivity index (χ0v) is 18.1. The summed E-state index contributed by atoms with van der Waals surface area (Å²) in [5, 5.41) is 12.5. The number of rotatable bonds is 10. The molecule has 2 aromatic rings. The van der Waals surface area contributed by atoms with E-state index in [2.05, 4.69) is 5.32 Å². The quantitative estimate of drug-likeness (QED) is 0.199. The van der Waals surface area contributed by atoms with Gasteiger partial charge in [-0.1, -0.05) is 29.8 Å². The molecule has 0 spiro atoms. The lowest BCUT2D eigenvalue weighted by atomic mass is 10.1. The van der Waals surface area contributed by atoms with Gasteiger partial charge in [0.2, 0.25) is 0 Å². The third-order valence-corrected chi connectivity index (χ3v) is 4.42. The van der Waals surface area contributed by atoms with Gasteiger partial charge in [0.05, 0.1) is 13.7 Å². The summed E-state index contributed by atoms with van der Waals surface area (Å²) >= 11 is 5.95. The Morgan fingerprint density at radius 2 is 1.97 bits per heavy atom. The molecule has 31 heavy (non-hydrogen) atoms. The lowest BCUT2D eigenvalue weighted by Crippen LogP contribution is -2.27. The minimum Gasteiger partial charge on any atom is -0.493 e. The second kappa shape index (κ2) is 12.4. The number of hydrogen-bond donors (Lipinski definition) is 1. The summed E-state index contributed by atoms with van der Waals surface area (Å²) in [6.07, 6.45) is 2.09. The Bertz CT molecular complexity index is 998. The molecule has 0 radical (unpaired) electrons. The summed E-state index contributed by atoms with van der Waals surface area (Å²) in [5.41, 5.74) is 1.42. The Morgan fingerprint density at radius 3 is 2.65 bits per heavy atom. The van der Waals surface area contributed by atoms with Gasteiger partial charge in [-0.2, -0.15) is 5.26 Å². The molecule has 0 saturated heterocycles. The Kier molecular flexibility index (Phi) is 9.56. The maximum atomic E-state index is 12.2. The number of nitrogens with zero attached hydrogens (tertiary/aromatic N) is 1. The van der Waals surface area contributed by atoms with E-state index in [0.29, 0.717) is 35.9 Å². The lowest BCUT2D eigenvalue weighted by molar-refractivity contribution is -0.134. The number of methoxy groups -OCH3 is 2. The van der Waals surface area contributed by atoms with Gasteiger partial charge >= 0.3 is 5.97 Å². The average Bonchev–Trinajstić information content (AvgIpc) is 2.77. The van der Waals surface area contributed by atoms with Crippen LogP contribution in [0.15, 0.2) is 48.0 Å². The number of halogens is 1. The van der Waals surface area contributed by atoms with Gasteiger partial charge in [0.1, 0.15) is 11.6 Å². The second-order valence-electron chi connectivity index (χ2n) is 6.43. The summed E-state index contributed by atoms with van der Waals surface area (Å²) in [7, 11) is 2.96. The van der Waals surface area contributed by atoms with Crippen molar-refractivity contribution < 1.29 is 23.8 Å². The number of aryl methyl sites for hydroxylation is 1. The summed E-state index contributed by atoms with van der Waals surface area (Å²) in [6, 6.07) is 13.9. The molecule has 1 N–H and O–H groups in total. The van der Waals surface area contributed by atoms with Crippen LogP contribution >= 0.6 is 11.6 Å². The molecule has 0 aliphatic carbocycles. The van der Waals surface area contributed by atoms with Crippen molar-refractivity contribution in [1.82, 2.24) is 5.32 Å². The van der Waals surface area contributed by atoms with E-state index < -0.39 is 11.9 Å². The first-order chi connectivity index (χ1) is 15.0. The zero-order valence-electron chi connectivity index (χ0n) is 17.3. The molecular formula is C23H23ClN2O5. The number of carbonyl (C=O) groups is 2. The van der Waals surface area contributed by atoms with Crippen molar-refractivity contribution in [3.8, 4) is 17.6 Å². The fraction of sp³-hybridized carbons (Fsp3) is 0.261. The van der Waals surface area contributed by atoms with Gasteiger partial charge in [0, 0.05) is 25.1 Å². The largest absolute Gasteiger partial charge is 0.493 e. The molecule has 2 aromatic carbocycles. The van der Waals surface area contributed by atoms with Crippen LogP contribution in [0, 0.1) is 11.3 Å². The average molecular weight is 443 g/mol. The number of nitrogens with one attached hydrogen (secondary N) is 1. The standard InChI is InChI=1S/C23H23ClN2O5/c1-29-11-10-26-23(28)18(15-25)12-17-6-8-20(21(14-17)30-2)31-22(27)9-7-16-4-3-5-19(24)13-16/h3-6,8,12-14H,7,9-11H2,1-2H3,(H,26,28)/b18-12+. The molecule has 0 aliphatic heterocycles. The van der Waals surface area contributed by atoms with Crippen LogP contribution in [0.25, 0.3) is 6.08 Å². The van der Waals surface area contributed by atoms with E-state index in [1.165, 1.54) is 20.3 Å². The SMILES string of the molecule is COCCNC(=O)/C(C#N)=C/c1ccc(OC(=O)CCc2cccc(Cl)c2)c(OC)c1. The number of ether oxygens (including phenoxy) is 3. The minimum atomic E-state index is -0.505. The van der Waals surface area contributed by atoms with E-state index in [0.717, 1.165) is 5.56 Å². The third kappa shape index (κ3) is 7.78. The number of nitriles is 1. The molecule has 0 saturated carbocycles. The summed E-state index contributed by atoms with van der Waals surface area (Å²) in [6.45, 7) is 0.636. The van der Waals surface area contributed by atoms with Gasteiger partial charge in [0.25, 0.3) is 5.91 Å². The first kappa shape index (κ1) is 23.9. The summed E-state index contributed by atoms with van der Waals surface area (Å²) < 4.78 is 15.6. The summed E-state index contributed by atoms with van der Waals surface area (Å²) in [4.78, 5) is 24.3. The Labute approximate surface area is 186 Å². The Hall–Kier alpha value is -3.34. The molecule has 0 heterocycles. The van der Waals surface area contributed by atoms with E-state index in [4.69, 9.17) is 25.8 Å². The molecule has 8 heteroatoms. The molecule has 0 atom stereocenters. The highest BCUT2D eigenvalue weighted by molar-refractivity contribution is 6.30. The fourth-order valence-corrected chi connectivity index (χ4v) is 2.86. The first-order valence-corrected chi connectivity index (χ1v) is 9.86. The third-order valence-electron chi connectivity index (χ3n) is 4.19. The number of carbonyl (C=O) groups excluding carboxylic acids is 2. The van der Waals surface area contributed by atoms with Crippen molar-refractivity contribution in [2.75, 3.05) is 27.4 Å². The predicted molar refractivity (Wildman–Crippen MR) is 117 cm³/mol. The maximum absolute atomic E-state index is 12.2. The van der Waals surface area contributed by atoms with Crippen LogP contribution in [0.1, 0.15) is 17.5 Å². The van der Waals surface area contributed by atoms with Crippen molar-refractivity contribution >= 4 is 29.6 Å². The molecule has 0 aliphatic rings. The monoisotopic (exact) mass is 442 g/mol. The van der Waals surface area contributed by atoms with Gasteiger partial charge in [0.15, 0.2) is 11.5 Å². The Morgan fingerprint density at radius 1 is 1.16 bits per heavy atom. The number of amides is 1. The molecule has 7 nitrogen and oxygen atoms in total. The van der Waals surface area contributed by atoms with E-state index in [1.807, 2.05) is 18.2 Å². The van der Waals surface area contributed by atoms with Crippen molar-refractivity contribution in [3.63, 3.8) is 0 Å². The number of hydrogen-bond acceptors (Lipinski definition) is 6. The molecular weight excluding hydrogens is 420 g/mol. The van der Waals surface area contributed by atoms with Gasteiger partial charge in [-0.05, 0) is 47.9 Å². The van der Waals surface area contributed by atoms with Crippen LogP contribution in [0.2, 0.25) is 5.02 Å². The van der Waals surface area contributed by atoms with Gasteiger partial charge in [-0.25, -0.2) is 0 Å². The van der Waals surface area contributed by atoms with Crippen molar-refractivity contribution in [2.45, 2.75) is 12.8 Å². The molecule has 2 rings (SSSR count). The molecule has 0 unspecified atom stereocenters. The topological polar surface area (TPSA) is 97.6 Å². The van der Waals surface area contributed by atoms with Gasteiger partial charge in [-0.15, -0.1) is 0 Å². The van der Waals surface area contributed by atoms with Crippen molar-refractivity contribution in [1.29, 1.82) is 5.26 Å². The smallest absolute Gasteiger partial charge is 0.311 e. The second-order valence-corrected chi connectivity index (χ2v) is 6.87. The molecule has 162 valence electrons. The van der Waals surface area contributed by atoms with Gasteiger partial charge in [-0.3, -0.25) is 9.59 Å². The van der Waals surface area contributed by atoms with Crippen LogP contribution in [-0.2, 0) is 20.7 Å². The molecule has 0 bridgehead atoms. The van der Waals surface area contributed by atoms with Gasteiger partial charge < -0.3 is 19.5 Å². The van der Waals surface area contributed by atoms with Crippen LogP contribution < -0.4 is 14.8 Å². The lowest BCUT2D eigenvalue weighted by Gasteiger charge is -2.10.